The number of hydrogen-bond acceptors (Lipinski definition) is 4. The molecule has 2 rings (SSSR count). The number of rotatable bonds is 4. The van der Waals surface area contributed by atoms with E-state index in [9.17, 15) is 13.2 Å². The van der Waals surface area contributed by atoms with Crippen LogP contribution < -0.4 is 10.6 Å². The first-order chi connectivity index (χ1) is 10.6. The third kappa shape index (κ3) is 5.76. The summed E-state index contributed by atoms with van der Waals surface area (Å²) in [5.74, 6) is -0.391. The van der Waals surface area contributed by atoms with E-state index in [0.29, 0.717) is 12.0 Å². The molecule has 128 valence electrons. The number of amides is 1. The lowest BCUT2D eigenvalue weighted by Gasteiger charge is -2.29. The molecule has 2 atom stereocenters. The van der Waals surface area contributed by atoms with Crippen molar-refractivity contribution in [2.75, 3.05) is 11.5 Å². The maximum Gasteiger partial charge on any atom is 0.252 e. The maximum absolute atomic E-state index is 12.3. The molecule has 10 heteroatoms. The number of hydrogen-bond donors (Lipinski definition) is 2. The highest BCUT2D eigenvalue weighted by Gasteiger charge is 2.38. The van der Waals surface area contributed by atoms with Gasteiger partial charge in [0.15, 0.2) is 9.84 Å². The highest BCUT2D eigenvalue weighted by atomic mass is 79.9. The van der Waals surface area contributed by atoms with Crippen LogP contribution in [0.15, 0.2) is 28.7 Å². The lowest BCUT2D eigenvalue weighted by molar-refractivity contribution is 0.0927. The van der Waals surface area contributed by atoms with Gasteiger partial charge in [0, 0.05) is 16.1 Å². The SMILES string of the molecule is O=C(N[C@H](N[C@H]1CCS(=O)(=O)C1)C(Cl)(Cl)Cl)c1ccc(Br)cc1. The Balaban J connectivity index is 2.07. The van der Waals surface area contributed by atoms with Crippen molar-refractivity contribution in [3.8, 4) is 0 Å². The first kappa shape index (κ1) is 19.3. The molecule has 0 bridgehead atoms. The van der Waals surface area contributed by atoms with Gasteiger partial charge in [-0.05, 0) is 30.7 Å². The predicted molar refractivity (Wildman–Crippen MR) is 95.9 cm³/mol. The van der Waals surface area contributed by atoms with E-state index >= 15 is 0 Å². The molecule has 1 amide bonds. The van der Waals surface area contributed by atoms with Gasteiger partial charge in [-0.3, -0.25) is 10.1 Å². The fourth-order valence-corrected chi connectivity index (χ4v) is 4.50. The molecule has 0 spiro atoms. The van der Waals surface area contributed by atoms with Crippen LogP contribution in [0.5, 0.6) is 0 Å². The summed E-state index contributed by atoms with van der Waals surface area (Å²) in [5, 5.41) is 5.50. The van der Waals surface area contributed by atoms with Gasteiger partial charge in [0.2, 0.25) is 3.79 Å². The molecular formula is C13H14BrCl3N2O3S. The molecule has 0 unspecified atom stereocenters. The molecule has 1 aliphatic rings. The number of halogens is 4. The lowest BCUT2D eigenvalue weighted by Crippen LogP contribution is -2.56. The van der Waals surface area contributed by atoms with E-state index in [1.54, 1.807) is 24.3 Å². The molecule has 0 saturated carbocycles. The molecule has 2 N–H and O–H groups in total. The van der Waals surface area contributed by atoms with Crippen LogP contribution in [0.3, 0.4) is 0 Å². The van der Waals surface area contributed by atoms with Crippen molar-refractivity contribution in [2.45, 2.75) is 22.4 Å². The lowest BCUT2D eigenvalue weighted by atomic mass is 10.2. The Morgan fingerprint density at radius 2 is 1.87 bits per heavy atom. The first-order valence-electron chi connectivity index (χ1n) is 6.66. The Labute approximate surface area is 158 Å². The van der Waals surface area contributed by atoms with Crippen molar-refractivity contribution in [2.24, 2.45) is 0 Å². The Morgan fingerprint density at radius 1 is 1.26 bits per heavy atom. The third-order valence-electron chi connectivity index (χ3n) is 3.34. The number of benzene rings is 1. The first-order valence-corrected chi connectivity index (χ1v) is 10.4. The Hall–Kier alpha value is -0.0500. The van der Waals surface area contributed by atoms with Crippen LogP contribution in [0, 0.1) is 0 Å². The molecule has 1 heterocycles. The molecule has 1 fully saturated rings. The number of nitrogens with one attached hydrogen (secondary N) is 2. The summed E-state index contributed by atoms with van der Waals surface area (Å²) in [5.41, 5.74) is 0.397. The van der Waals surface area contributed by atoms with Gasteiger partial charge in [0.1, 0.15) is 6.17 Å². The van der Waals surface area contributed by atoms with E-state index in [0.717, 1.165) is 4.47 Å². The van der Waals surface area contributed by atoms with Crippen LogP contribution in [0.25, 0.3) is 0 Å². The average molecular weight is 465 g/mol. The van der Waals surface area contributed by atoms with Crippen molar-refractivity contribution < 1.29 is 13.2 Å². The normalized spacial score (nSPS) is 21.8. The van der Waals surface area contributed by atoms with Crippen LogP contribution >= 0.6 is 50.7 Å². The summed E-state index contributed by atoms with van der Waals surface area (Å²) < 4.78 is 22.0. The van der Waals surface area contributed by atoms with Gasteiger partial charge in [-0.1, -0.05) is 50.7 Å². The molecule has 0 radical (unpaired) electrons. The van der Waals surface area contributed by atoms with Crippen molar-refractivity contribution >= 4 is 66.5 Å². The fourth-order valence-electron chi connectivity index (χ4n) is 2.20. The van der Waals surface area contributed by atoms with E-state index < -0.39 is 25.7 Å². The van der Waals surface area contributed by atoms with Crippen LogP contribution in [-0.4, -0.2) is 41.8 Å². The number of carbonyl (C=O) groups is 1. The summed E-state index contributed by atoms with van der Waals surface area (Å²) in [7, 11) is -3.08. The average Bonchev–Trinajstić information content (AvgIpc) is 2.77. The molecule has 0 aromatic heterocycles. The topological polar surface area (TPSA) is 75.3 Å². The minimum atomic E-state index is -3.08. The predicted octanol–water partition coefficient (Wildman–Crippen LogP) is 2.65. The minimum absolute atomic E-state index is 0.0433. The molecule has 0 aliphatic carbocycles. The summed E-state index contributed by atoms with van der Waals surface area (Å²) in [6, 6.07) is 6.31. The smallest absolute Gasteiger partial charge is 0.252 e. The van der Waals surface area contributed by atoms with Gasteiger partial charge < -0.3 is 5.32 Å². The second-order valence-corrected chi connectivity index (χ2v) is 10.7. The zero-order valence-corrected chi connectivity index (χ0v) is 16.4. The molecule has 1 aromatic carbocycles. The fraction of sp³-hybridized carbons (Fsp3) is 0.462. The maximum atomic E-state index is 12.3. The highest BCUT2D eigenvalue weighted by Crippen LogP contribution is 2.30. The van der Waals surface area contributed by atoms with Crippen LogP contribution in [0.4, 0.5) is 0 Å². The van der Waals surface area contributed by atoms with E-state index in [4.69, 9.17) is 34.8 Å². The Kier molecular flexibility index (Phi) is 6.25. The minimum Gasteiger partial charge on any atom is -0.333 e. The van der Waals surface area contributed by atoms with Crippen molar-refractivity contribution in [1.29, 1.82) is 0 Å². The molecule has 1 aliphatic heterocycles. The Bertz CT molecular complexity index is 677. The number of carbonyl (C=O) groups excluding carboxylic acids is 1. The second kappa shape index (κ2) is 7.45. The zero-order chi connectivity index (χ0) is 17.3. The number of sulfone groups is 1. The monoisotopic (exact) mass is 462 g/mol. The molecular weight excluding hydrogens is 450 g/mol. The summed E-state index contributed by atoms with van der Waals surface area (Å²) in [4.78, 5) is 12.3. The largest absolute Gasteiger partial charge is 0.333 e. The van der Waals surface area contributed by atoms with Gasteiger partial charge in [0.05, 0.1) is 11.5 Å². The third-order valence-corrected chi connectivity index (χ3v) is 6.30. The van der Waals surface area contributed by atoms with Gasteiger partial charge >= 0.3 is 0 Å². The van der Waals surface area contributed by atoms with Crippen molar-refractivity contribution in [3.63, 3.8) is 0 Å². The standard InChI is InChI=1S/C13H14BrCl3N2O3S/c14-9-3-1-8(2-4-9)11(20)19-12(13(15,16)17)18-10-5-6-23(21,22)7-10/h1-4,10,12,18H,5-7H2,(H,19,20)/t10-,12-/m0/s1. The summed E-state index contributed by atoms with van der Waals surface area (Å²) in [6.07, 6.45) is -0.602. The van der Waals surface area contributed by atoms with Crippen molar-refractivity contribution in [3.05, 3.63) is 34.3 Å². The van der Waals surface area contributed by atoms with E-state index in [1.807, 2.05) is 0 Å². The highest BCUT2D eigenvalue weighted by molar-refractivity contribution is 9.10. The molecule has 23 heavy (non-hydrogen) atoms. The van der Waals surface area contributed by atoms with Crippen molar-refractivity contribution in [1.82, 2.24) is 10.6 Å². The van der Waals surface area contributed by atoms with Crippen LogP contribution in [0.1, 0.15) is 16.8 Å². The molecule has 1 saturated heterocycles. The summed E-state index contributed by atoms with van der Waals surface area (Å²) in [6.45, 7) is 0. The molecule has 1 aromatic rings. The quantitative estimate of drug-likeness (QED) is 0.531. The summed E-state index contributed by atoms with van der Waals surface area (Å²) >= 11 is 21.0. The van der Waals surface area contributed by atoms with E-state index in [2.05, 4.69) is 26.6 Å². The van der Waals surface area contributed by atoms with Gasteiger partial charge in [-0.2, -0.15) is 0 Å². The van der Waals surface area contributed by atoms with E-state index in [1.165, 1.54) is 0 Å². The second-order valence-electron chi connectivity index (χ2n) is 5.22. The van der Waals surface area contributed by atoms with Crippen LogP contribution in [-0.2, 0) is 9.84 Å². The number of alkyl halides is 3. The van der Waals surface area contributed by atoms with Gasteiger partial charge in [-0.15, -0.1) is 0 Å². The van der Waals surface area contributed by atoms with Gasteiger partial charge in [-0.25, -0.2) is 8.42 Å². The Morgan fingerprint density at radius 3 is 2.35 bits per heavy atom. The van der Waals surface area contributed by atoms with Crippen LogP contribution in [0.2, 0.25) is 0 Å². The van der Waals surface area contributed by atoms with Gasteiger partial charge in [0.25, 0.3) is 5.91 Å². The van der Waals surface area contributed by atoms with E-state index in [-0.39, 0.29) is 17.5 Å². The zero-order valence-electron chi connectivity index (χ0n) is 11.7. The molecule has 5 nitrogen and oxygen atoms in total.